The topological polar surface area (TPSA) is 94.2 Å². The molecule has 1 heterocycles. The van der Waals surface area contributed by atoms with Gasteiger partial charge < -0.3 is 24.4 Å². The molecule has 1 aliphatic heterocycles. The normalized spacial score (nSPS) is 13.8. The molecular weight excluding hydrogens is 424 g/mol. The van der Waals surface area contributed by atoms with Crippen LogP contribution in [0.15, 0.2) is 48.5 Å². The molecule has 176 valence electrons. The minimum atomic E-state index is -0.774. The van der Waals surface area contributed by atoms with Crippen molar-refractivity contribution in [2.45, 2.75) is 38.6 Å². The van der Waals surface area contributed by atoms with Crippen molar-refractivity contribution < 1.29 is 28.6 Å². The molecule has 2 aromatic carbocycles. The highest BCUT2D eigenvalue weighted by Gasteiger charge is 2.24. The highest BCUT2D eigenvalue weighted by Crippen LogP contribution is 2.18. The standard InChI is InChI=1S/C25H30N2O6/c1-3-32-25(30)33-21-10-8-19(9-11-21)24(29)27-15-13-20(14-16-27)26-23(28)12-7-18-5-4-6-22(17-18)31-2/h4-6,8-11,17,20H,3,7,12-16H2,1-2H3,(H,26,28). The van der Waals surface area contributed by atoms with Crippen LogP contribution >= 0.6 is 0 Å². The first-order valence-electron chi connectivity index (χ1n) is 11.1. The van der Waals surface area contributed by atoms with Gasteiger partial charge in [-0.3, -0.25) is 9.59 Å². The van der Waals surface area contributed by atoms with E-state index in [4.69, 9.17) is 14.2 Å². The second-order valence-corrected chi connectivity index (χ2v) is 7.79. The van der Waals surface area contributed by atoms with Gasteiger partial charge in [-0.25, -0.2) is 4.79 Å². The summed E-state index contributed by atoms with van der Waals surface area (Å²) in [7, 11) is 1.62. The fraction of sp³-hybridized carbons (Fsp3) is 0.400. The van der Waals surface area contributed by atoms with Crippen LogP contribution in [-0.4, -0.2) is 55.7 Å². The Morgan fingerprint density at radius 1 is 1.03 bits per heavy atom. The number of aryl methyl sites for hydroxylation is 1. The van der Waals surface area contributed by atoms with E-state index in [1.807, 2.05) is 24.3 Å². The molecule has 2 aromatic rings. The molecule has 3 rings (SSSR count). The lowest BCUT2D eigenvalue weighted by Crippen LogP contribution is -2.46. The molecule has 0 bridgehead atoms. The third-order valence-corrected chi connectivity index (χ3v) is 5.49. The van der Waals surface area contributed by atoms with Crippen molar-refractivity contribution in [1.29, 1.82) is 0 Å². The molecule has 0 atom stereocenters. The molecule has 0 unspecified atom stereocenters. The van der Waals surface area contributed by atoms with E-state index in [0.717, 1.165) is 11.3 Å². The van der Waals surface area contributed by atoms with Crippen molar-refractivity contribution >= 4 is 18.0 Å². The molecular formula is C25H30N2O6. The second-order valence-electron chi connectivity index (χ2n) is 7.79. The minimum absolute atomic E-state index is 0.0137. The number of hydrogen-bond acceptors (Lipinski definition) is 6. The molecule has 0 saturated carbocycles. The van der Waals surface area contributed by atoms with Crippen LogP contribution in [0.5, 0.6) is 11.5 Å². The summed E-state index contributed by atoms with van der Waals surface area (Å²) in [6, 6.07) is 14.2. The van der Waals surface area contributed by atoms with Gasteiger partial charge in [0.15, 0.2) is 0 Å². The van der Waals surface area contributed by atoms with Crippen molar-refractivity contribution in [3.63, 3.8) is 0 Å². The Bertz CT molecular complexity index is 952. The number of benzene rings is 2. The van der Waals surface area contributed by atoms with Gasteiger partial charge in [0.05, 0.1) is 13.7 Å². The maximum Gasteiger partial charge on any atom is 0.513 e. The van der Waals surface area contributed by atoms with E-state index in [-0.39, 0.29) is 24.5 Å². The summed E-state index contributed by atoms with van der Waals surface area (Å²) >= 11 is 0. The summed E-state index contributed by atoms with van der Waals surface area (Å²) in [5.41, 5.74) is 1.58. The average molecular weight is 455 g/mol. The van der Waals surface area contributed by atoms with Crippen molar-refractivity contribution in [2.24, 2.45) is 0 Å². The van der Waals surface area contributed by atoms with Crippen LogP contribution in [0, 0.1) is 0 Å². The molecule has 1 saturated heterocycles. The Labute approximate surface area is 193 Å². The largest absolute Gasteiger partial charge is 0.513 e. The number of rotatable bonds is 8. The van der Waals surface area contributed by atoms with E-state index in [9.17, 15) is 14.4 Å². The van der Waals surface area contributed by atoms with Crippen LogP contribution < -0.4 is 14.8 Å². The molecule has 0 radical (unpaired) electrons. The SMILES string of the molecule is CCOC(=O)Oc1ccc(C(=O)N2CCC(NC(=O)CCc3cccc(OC)c3)CC2)cc1. The lowest BCUT2D eigenvalue weighted by Gasteiger charge is -2.32. The Hall–Kier alpha value is -3.55. The van der Waals surface area contributed by atoms with Gasteiger partial charge in [-0.05, 0) is 68.1 Å². The van der Waals surface area contributed by atoms with Crippen molar-refractivity contribution in [3.05, 3.63) is 59.7 Å². The maximum absolute atomic E-state index is 12.8. The van der Waals surface area contributed by atoms with Gasteiger partial charge >= 0.3 is 6.16 Å². The van der Waals surface area contributed by atoms with E-state index >= 15 is 0 Å². The lowest BCUT2D eigenvalue weighted by molar-refractivity contribution is -0.122. The Morgan fingerprint density at radius 3 is 2.42 bits per heavy atom. The fourth-order valence-corrected chi connectivity index (χ4v) is 3.70. The van der Waals surface area contributed by atoms with Crippen LogP contribution in [-0.2, 0) is 16.0 Å². The third kappa shape index (κ3) is 7.24. The van der Waals surface area contributed by atoms with Gasteiger partial charge in [-0.15, -0.1) is 0 Å². The number of carbonyl (C=O) groups excluding carboxylic acids is 3. The van der Waals surface area contributed by atoms with Gasteiger partial charge in [0, 0.05) is 31.1 Å². The number of nitrogens with one attached hydrogen (secondary N) is 1. The molecule has 2 amide bonds. The molecule has 0 aromatic heterocycles. The quantitative estimate of drug-likeness (QED) is 0.484. The van der Waals surface area contributed by atoms with E-state index in [0.29, 0.717) is 50.1 Å². The van der Waals surface area contributed by atoms with Crippen LogP contribution in [0.3, 0.4) is 0 Å². The number of carbonyl (C=O) groups is 3. The zero-order valence-corrected chi connectivity index (χ0v) is 19.0. The third-order valence-electron chi connectivity index (χ3n) is 5.49. The number of amides is 2. The Kier molecular flexibility index (Phi) is 8.69. The molecule has 0 aliphatic carbocycles. The van der Waals surface area contributed by atoms with Crippen LogP contribution in [0.25, 0.3) is 0 Å². The number of likely N-dealkylation sites (tertiary alicyclic amines) is 1. The Balaban J connectivity index is 1.42. The summed E-state index contributed by atoms with van der Waals surface area (Å²) in [4.78, 5) is 38.3. The van der Waals surface area contributed by atoms with Gasteiger partial charge in [-0.2, -0.15) is 0 Å². The number of ether oxygens (including phenoxy) is 3. The van der Waals surface area contributed by atoms with E-state index in [1.54, 1.807) is 43.2 Å². The smallest absolute Gasteiger partial charge is 0.497 e. The van der Waals surface area contributed by atoms with Crippen molar-refractivity contribution in [3.8, 4) is 11.5 Å². The Morgan fingerprint density at radius 2 is 1.76 bits per heavy atom. The monoisotopic (exact) mass is 454 g/mol. The summed E-state index contributed by atoms with van der Waals surface area (Å²) in [6.45, 7) is 3.07. The number of methoxy groups -OCH3 is 1. The fourth-order valence-electron chi connectivity index (χ4n) is 3.70. The van der Waals surface area contributed by atoms with E-state index in [1.165, 1.54) is 0 Å². The summed E-state index contributed by atoms with van der Waals surface area (Å²) in [6.07, 6.45) is 1.70. The van der Waals surface area contributed by atoms with Crippen LogP contribution in [0.2, 0.25) is 0 Å². The predicted octanol–water partition coefficient (Wildman–Crippen LogP) is 3.58. The van der Waals surface area contributed by atoms with Crippen molar-refractivity contribution in [1.82, 2.24) is 10.2 Å². The molecule has 1 aliphatic rings. The molecule has 1 N–H and O–H groups in total. The van der Waals surface area contributed by atoms with Gasteiger partial charge in [0.25, 0.3) is 5.91 Å². The lowest BCUT2D eigenvalue weighted by atomic mass is 10.0. The van der Waals surface area contributed by atoms with Crippen molar-refractivity contribution in [2.75, 3.05) is 26.8 Å². The minimum Gasteiger partial charge on any atom is -0.497 e. The zero-order valence-electron chi connectivity index (χ0n) is 19.0. The maximum atomic E-state index is 12.8. The predicted molar refractivity (Wildman–Crippen MR) is 122 cm³/mol. The van der Waals surface area contributed by atoms with Crippen LogP contribution in [0.1, 0.15) is 42.1 Å². The first kappa shape index (κ1) is 24.1. The molecule has 8 nitrogen and oxygen atoms in total. The van der Waals surface area contributed by atoms with Gasteiger partial charge in [-0.1, -0.05) is 12.1 Å². The average Bonchev–Trinajstić information content (AvgIpc) is 2.83. The van der Waals surface area contributed by atoms with Gasteiger partial charge in [0.2, 0.25) is 5.91 Å². The number of nitrogens with zero attached hydrogens (tertiary/aromatic N) is 1. The molecule has 8 heteroatoms. The number of hydrogen-bond donors (Lipinski definition) is 1. The molecule has 1 fully saturated rings. The van der Waals surface area contributed by atoms with Crippen LogP contribution in [0.4, 0.5) is 4.79 Å². The highest BCUT2D eigenvalue weighted by molar-refractivity contribution is 5.94. The molecule has 0 spiro atoms. The first-order valence-corrected chi connectivity index (χ1v) is 11.1. The molecule has 33 heavy (non-hydrogen) atoms. The summed E-state index contributed by atoms with van der Waals surface area (Å²) < 4.78 is 15.0. The van der Waals surface area contributed by atoms with E-state index in [2.05, 4.69) is 5.32 Å². The zero-order chi connectivity index (χ0) is 23.6. The number of piperidine rings is 1. The highest BCUT2D eigenvalue weighted by atomic mass is 16.7. The summed E-state index contributed by atoms with van der Waals surface area (Å²) in [5.74, 6) is 1.03. The first-order chi connectivity index (χ1) is 16.0. The summed E-state index contributed by atoms with van der Waals surface area (Å²) in [5, 5.41) is 3.08. The second kappa shape index (κ2) is 11.9. The van der Waals surface area contributed by atoms with Gasteiger partial charge in [0.1, 0.15) is 11.5 Å². The van der Waals surface area contributed by atoms with E-state index < -0.39 is 6.16 Å².